The van der Waals surface area contributed by atoms with Gasteiger partial charge in [-0.3, -0.25) is 4.79 Å². The highest BCUT2D eigenvalue weighted by molar-refractivity contribution is 5.93. The molecule has 0 spiro atoms. The number of carbonyl (C=O) groups excluding carboxylic acids is 1. The molecule has 150 valence electrons. The number of hydrogen-bond acceptors (Lipinski definition) is 4. The standard InChI is InChI=1S/C22H17FN4O3/c23-15-4-2-9-24-20(15)21(28)25-16-8-10-30-18-7-6-12(11-14(16)18)13-3-1-5-17-19(13)27-22(29)26-17/h1-7,9,11,16H,8,10H2,(H,25,28)(H2,26,27,29). The van der Waals surface area contributed by atoms with E-state index in [1.807, 2.05) is 36.4 Å². The summed E-state index contributed by atoms with van der Waals surface area (Å²) in [6.07, 6.45) is 1.92. The zero-order chi connectivity index (χ0) is 20.7. The van der Waals surface area contributed by atoms with Crippen LogP contribution in [-0.2, 0) is 0 Å². The Hall–Kier alpha value is -3.94. The van der Waals surface area contributed by atoms with Crippen molar-refractivity contribution in [2.45, 2.75) is 12.5 Å². The number of amides is 1. The van der Waals surface area contributed by atoms with Crippen LogP contribution in [0, 0.1) is 5.82 Å². The lowest BCUT2D eigenvalue weighted by Crippen LogP contribution is -2.33. The molecule has 1 amide bonds. The van der Waals surface area contributed by atoms with Crippen molar-refractivity contribution < 1.29 is 13.9 Å². The van der Waals surface area contributed by atoms with Crippen LogP contribution in [0.1, 0.15) is 28.5 Å². The molecule has 1 atom stereocenters. The molecule has 2 aromatic carbocycles. The van der Waals surface area contributed by atoms with Gasteiger partial charge in [-0.05, 0) is 35.9 Å². The van der Waals surface area contributed by atoms with E-state index in [0.717, 1.165) is 16.7 Å². The number of fused-ring (bicyclic) bond motifs is 2. The second-order valence-electron chi connectivity index (χ2n) is 7.06. The van der Waals surface area contributed by atoms with Crippen molar-refractivity contribution >= 4 is 16.9 Å². The maximum Gasteiger partial charge on any atom is 0.323 e. The van der Waals surface area contributed by atoms with Gasteiger partial charge in [-0.15, -0.1) is 0 Å². The normalized spacial score (nSPS) is 15.4. The van der Waals surface area contributed by atoms with E-state index in [1.54, 1.807) is 0 Å². The lowest BCUT2D eigenvalue weighted by molar-refractivity contribution is 0.0915. The Kier molecular flexibility index (Phi) is 4.31. The first-order valence-corrected chi connectivity index (χ1v) is 9.49. The number of benzene rings is 2. The fourth-order valence-electron chi connectivity index (χ4n) is 3.79. The van der Waals surface area contributed by atoms with Gasteiger partial charge >= 0.3 is 5.69 Å². The minimum atomic E-state index is -0.667. The molecule has 5 rings (SSSR count). The average Bonchev–Trinajstić information content (AvgIpc) is 3.14. The van der Waals surface area contributed by atoms with Gasteiger partial charge in [0.1, 0.15) is 5.75 Å². The van der Waals surface area contributed by atoms with Crippen LogP contribution in [0.25, 0.3) is 22.2 Å². The quantitative estimate of drug-likeness (QED) is 0.488. The third-order valence-corrected chi connectivity index (χ3v) is 5.19. The maximum atomic E-state index is 13.9. The van der Waals surface area contributed by atoms with E-state index in [1.165, 1.54) is 18.3 Å². The lowest BCUT2D eigenvalue weighted by atomic mass is 9.95. The number of imidazole rings is 1. The number of H-pyrrole nitrogens is 2. The summed E-state index contributed by atoms with van der Waals surface area (Å²) in [5.41, 5.74) is 3.40. The van der Waals surface area contributed by atoms with Gasteiger partial charge in [0.25, 0.3) is 5.91 Å². The van der Waals surface area contributed by atoms with Crippen LogP contribution in [0.15, 0.2) is 59.5 Å². The molecule has 1 unspecified atom stereocenters. The molecule has 4 aromatic rings. The second-order valence-corrected chi connectivity index (χ2v) is 7.06. The lowest BCUT2D eigenvalue weighted by Gasteiger charge is -2.27. The Labute approximate surface area is 169 Å². The largest absolute Gasteiger partial charge is 0.493 e. The Bertz CT molecular complexity index is 1330. The summed E-state index contributed by atoms with van der Waals surface area (Å²) in [4.78, 5) is 33.7. The first kappa shape index (κ1) is 18.1. The summed E-state index contributed by atoms with van der Waals surface area (Å²) < 4.78 is 19.7. The smallest absolute Gasteiger partial charge is 0.323 e. The summed E-state index contributed by atoms with van der Waals surface area (Å²) >= 11 is 0. The van der Waals surface area contributed by atoms with Gasteiger partial charge in [0.05, 0.1) is 23.7 Å². The molecule has 8 heteroatoms. The fraction of sp³-hybridized carbons (Fsp3) is 0.136. The minimum Gasteiger partial charge on any atom is -0.493 e. The van der Waals surface area contributed by atoms with Crippen molar-refractivity contribution in [1.82, 2.24) is 20.3 Å². The predicted octanol–water partition coefficient (Wildman–Crippen LogP) is 3.31. The third-order valence-electron chi connectivity index (χ3n) is 5.19. The van der Waals surface area contributed by atoms with Gasteiger partial charge in [0, 0.05) is 23.7 Å². The number of hydrogen-bond donors (Lipinski definition) is 3. The molecule has 7 nitrogen and oxygen atoms in total. The molecule has 0 saturated heterocycles. The number of halogens is 1. The van der Waals surface area contributed by atoms with E-state index >= 15 is 0 Å². The number of rotatable bonds is 3. The first-order valence-electron chi connectivity index (χ1n) is 9.49. The zero-order valence-corrected chi connectivity index (χ0v) is 15.7. The summed E-state index contributed by atoms with van der Waals surface area (Å²) in [6, 6.07) is 13.6. The van der Waals surface area contributed by atoms with Crippen LogP contribution in [-0.4, -0.2) is 27.5 Å². The van der Waals surface area contributed by atoms with E-state index in [2.05, 4.69) is 20.3 Å². The van der Waals surface area contributed by atoms with Crippen LogP contribution in [0.2, 0.25) is 0 Å². The highest BCUT2D eigenvalue weighted by Gasteiger charge is 2.26. The van der Waals surface area contributed by atoms with E-state index in [4.69, 9.17) is 4.74 Å². The van der Waals surface area contributed by atoms with Crippen LogP contribution in [0.4, 0.5) is 4.39 Å². The molecule has 1 aliphatic heterocycles. The van der Waals surface area contributed by atoms with Crippen LogP contribution >= 0.6 is 0 Å². The van der Waals surface area contributed by atoms with Crippen molar-refractivity contribution in [1.29, 1.82) is 0 Å². The molecule has 2 aromatic heterocycles. The van der Waals surface area contributed by atoms with E-state index in [-0.39, 0.29) is 17.4 Å². The molecule has 0 fully saturated rings. The third kappa shape index (κ3) is 3.12. The van der Waals surface area contributed by atoms with Gasteiger partial charge in [-0.1, -0.05) is 18.2 Å². The van der Waals surface area contributed by atoms with E-state index in [9.17, 15) is 14.0 Å². The van der Waals surface area contributed by atoms with E-state index in [0.29, 0.717) is 29.8 Å². The number of nitrogens with zero attached hydrogens (tertiary/aromatic N) is 1. The molecule has 0 aliphatic carbocycles. The van der Waals surface area contributed by atoms with Gasteiger partial charge < -0.3 is 20.0 Å². The SMILES string of the molecule is O=C(NC1CCOc2ccc(-c3cccc4[nH]c(=O)[nH]c34)cc21)c1ncccc1F. The monoisotopic (exact) mass is 404 g/mol. The Morgan fingerprint density at radius 3 is 2.93 bits per heavy atom. The number of pyridine rings is 1. The fourth-order valence-corrected chi connectivity index (χ4v) is 3.79. The summed E-state index contributed by atoms with van der Waals surface area (Å²) in [5, 5.41) is 2.87. The summed E-state index contributed by atoms with van der Waals surface area (Å²) in [6.45, 7) is 0.433. The van der Waals surface area contributed by atoms with Crippen LogP contribution in [0.5, 0.6) is 5.75 Å². The summed E-state index contributed by atoms with van der Waals surface area (Å²) in [5.74, 6) is -0.584. The van der Waals surface area contributed by atoms with Crippen LogP contribution < -0.4 is 15.7 Å². The topological polar surface area (TPSA) is 99.9 Å². The van der Waals surface area contributed by atoms with Crippen molar-refractivity contribution in [3.8, 4) is 16.9 Å². The number of aromatic nitrogens is 3. The highest BCUT2D eigenvalue weighted by atomic mass is 19.1. The number of aromatic amines is 2. The summed E-state index contributed by atoms with van der Waals surface area (Å²) in [7, 11) is 0. The van der Waals surface area contributed by atoms with Crippen LogP contribution in [0.3, 0.4) is 0 Å². The molecular weight excluding hydrogens is 387 g/mol. The van der Waals surface area contributed by atoms with Crippen molar-refractivity contribution in [2.24, 2.45) is 0 Å². The Morgan fingerprint density at radius 2 is 2.07 bits per heavy atom. The molecule has 0 saturated carbocycles. The number of ether oxygens (including phenoxy) is 1. The maximum absolute atomic E-state index is 13.9. The molecular formula is C22H17FN4O3. The van der Waals surface area contributed by atoms with Gasteiger partial charge in [-0.2, -0.15) is 0 Å². The second kappa shape index (κ2) is 7.14. The number of nitrogens with one attached hydrogen (secondary N) is 3. The van der Waals surface area contributed by atoms with Gasteiger partial charge in [-0.25, -0.2) is 14.2 Å². The Morgan fingerprint density at radius 1 is 1.17 bits per heavy atom. The van der Waals surface area contributed by atoms with Crippen molar-refractivity contribution in [3.05, 3.63) is 82.3 Å². The van der Waals surface area contributed by atoms with Crippen molar-refractivity contribution in [3.63, 3.8) is 0 Å². The molecule has 0 bridgehead atoms. The van der Waals surface area contributed by atoms with E-state index < -0.39 is 11.7 Å². The average molecular weight is 404 g/mol. The molecule has 3 N–H and O–H groups in total. The number of para-hydroxylation sites is 1. The number of carbonyl (C=O) groups is 1. The molecule has 0 radical (unpaired) electrons. The molecule has 1 aliphatic rings. The molecule has 3 heterocycles. The minimum absolute atomic E-state index is 0.239. The highest BCUT2D eigenvalue weighted by Crippen LogP contribution is 2.37. The Balaban J connectivity index is 1.53. The van der Waals surface area contributed by atoms with Gasteiger partial charge in [0.15, 0.2) is 11.5 Å². The molecule has 30 heavy (non-hydrogen) atoms. The van der Waals surface area contributed by atoms with Gasteiger partial charge in [0.2, 0.25) is 0 Å². The first-order chi connectivity index (χ1) is 14.6. The van der Waals surface area contributed by atoms with Crippen molar-refractivity contribution in [2.75, 3.05) is 6.61 Å². The zero-order valence-electron chi connectivity index (χ0n) is 15.7. The predicted molar refractivity (Wildman–Crippen MR) is 109 cm³/mol.